The first kappa shape index (κ1) is 21.7. The van der Waals surface area contributed by atoms with Gasteiger partial charge in [-0.1, -0.05) is 31.1 Å². The number of carbonyl (C=O) groups is 2. The first-order chi connectivity index (χ1) is 12.5. The van der Waals surface area contributed by atoms with Gasteiger partial charge in [0.25, 0.3) is 0 Å². The van der Waals surface area contributed by atoms with E-state index < -0.39 is 11.7 Å². The van der Waals surface area contributed by atoms with Crippen LogP contribution in [0.2, 0.25) is 0 Å². The summed E-state index contributed by atoms with van der Waals surface area (Å²) in [7, 11) is 0. The van der Waals surface area contributed by atoms with Crippen molar-refractivity contribution >= 4 is 11.9 Å². The molecule has 0 radical (unpaired) electrons. The van der Waals surface area contributed by atoms with Crippen molar-refractivity contribution in [2.75, 3.05) is 0 Å². The predicted octanol–water partition coefficient (Wildman–Crippen LogP) is 4.36. The average molecular weight is 379 g/mol. The Morgan fingerprint density at radius 2 is 1.93 bits per heavy atom. The third-order valence-corrected chi connectivity index (χ3v) is 5.62. The van der Waals surface area contributed by atoms with Crippen LogP contribution in [0.3, 0.4) is 0 Å². The van der Waals surface area contributed by atoms with Crippen molar-refractivity contribution in [3.8, 4) is 0 Å². The molecule has 2 aliphatic rings. The third-order valence-electron chi connectivity index (χ3n) is 5.62. The van der Waals surface area contributed by atoms with E-state index in [-0.39, 0.29) is 30.1 Å². The Balaban J connectivity index is 2.33. The zero-order valence-corrected chi connectivity index (χ0v) is 17.7. The lowest BCUT2D eigenvalue weighted by Crippen LogP contribution is -2.42. The van der Waals surface area contributed by atoms with Gasteiger partial charge in [0, 0.05) is 25.3 Å². The van der Waals surface area contributed by atoms with Crippen LogP contribution in [0.25, 0.3) is 0 Å². The predicted molar refractivity (Wildman–Crippen MR) is 104 cm³/mol. The summed E-state index contributed by atoms with van der Waals surface area (Å²) in [5.41, 5.74) is 1.50. The van der Waals surface area contributed by atoms with Crippen LogP contribution in [0.1, 0.15) is 67.7 Å². The molecular formula is C22H34O5. The molecule has 0 aromatic heterocycles. The molecule has 5 atom stereocenters. The van der Waals surface area contributed by atoms with Gasteiger partial charge in [-0.2, -0.15) is 0 Å². The van der Waals surface area contributed by atoms with Crippen molar-refractivity contribution in [3.05, 3.63) is 23.3 Å². The van der Waals surface area contributed by atoms with E-state index in [9.17, 15) is 9.59 Å². The van der Waals surface area contributed by atoms with Gasteiger partial charge in [0.05, 0.1) is 0 Å². The Morgan fingerprint density at radius 3 is 2.48 bits per heavy atom. The van der Waals surface area contributed by atoms with Crippen LogP contribution in [0.4, 0.5) is 0 Å². The molecule has 0 unspecified atom stereocenters. The van der Waals surface area contributed by atoms with E-state index in [0.29, 0.717) is 12.3 Å². The molecule has 1 saturated heterocycles. The van der Waals surface area contributed by atoms with E-state index >= 15 is 0 Å². The molecule has 1 fully saturated rings. The highest BCUT2D eigenvalue weighted by molar-refractivity contribution is 5.82. The SMILES string of the molecule is CC(=O)O[C@H]1[C@H]2O[C@]2(C)[C@@H](OC(=O)C=C(C)C)C/C=C(\C)CC[C@H]1C(C)C. The fourth-order valence-corrected chi connectivity index (χ4v) is 3.95. The van der Waals surface area contributed by atoms with Gasteiger partial charge in [0.1, 0.15) is 23.9 Å². The second-order valence-electron chi connectivity index (χ2n) is 8.68. The Kier molecular flexibility index (Phi) is 6.90. The van der Waals surface area contributed by atoms with Crippen molar-refractivity contribution in [2.45, 2.75) is 91.6 Å². The van der Waals surface area contributed by atoms with Gasteiger partial charge in [-0.25, -0.2) is 4.79 Å². The Labute approximate surface area is 163 Å². The first-order valence-electron chi connectivity index (χ1n) is 9.90. The van der Waals surface area contributed by atoms with Crippen LogP contribution < -0.4 is 0 Å². The van der Waals surface area contributed by atoms with Gasteiger partial charge < -0.3 is 14.2 Å². The van der Waals surface area contributed by atoms with Crippen LogP contribution >= 0.6 is 0 Å². The maximum absolute atomic E-state index is 12.2. The minimum Gasteiger partial charge on any atom is -0.459 e. The van der Waals surface area contributed by atoms with E-state index in [4.69, 9.17) is 14.2 Å². The number of epoxide rings is 1. The number of carbonyl (C=O) groups excluding carboxylic acids is 2. The van der Waals surface area contributed by atoms with Gasteiger partial charge in [-0.15, -0.1) is 0 Å². The smallest absolute Gasteiger partial charge is 0.331 e. The lowest BCUT2D eigenvalue weighted by Gasteiger charge is -2.31. The van der Waals surface area contributed by atoms with Crippen LogP contribution in [-0.2, 0) is 23.8 Å². The molecule has 0 aromatic rings. The summed E-state index contributed by atoms with van der Waals surface area (Å²) in [5, 5.41) is 0. The molecule has 0 bridgehead atoms. The fourth-order valence-electron chi connectivity index (χ4n) is 3.95. The molecule has 0 N–H and O–H groups in total. The Bertz CT molecular complexity index is 629. The second-order valence-corrected chi connectivity index (χ2v) is 8.68. The molecule has 2 rings (SSSR count). The van der Waals surface area contributed by atoms with Crippen LogP contribution in [-0.4, -0.2) is 35.9 Å². The topological polar surface area (TPSA) is 65.1 Å². The molecule has 27 heavy (non-hydrogen) atoms. The van der Waals surface area contributed by atoms with Crippen LogP contribution in [0, 0.1) is 11.8 Å². The number of ether oxygens (including phenoxy) is 3. The first-order valence-corrected chi connectivity index (χ1v) is 9.90. The van der Waals surface area contributed by atoms with Gasteiger partial charge >= 0.3 is 11.9 Å². The molecule has 0 spiro atoms. The standard InChI is InChI=1S/C22H34O5/c1-13(2)12-19(24)26-18-11-9-15(5)8-10-17(14(3)4)20(25-16(6)23)21-22(18,7)27-21/h9,12,14,17-18,20-21H,8,10-11H2,1-7H3/b15-9+/t17-,18-,20+,21+,22+/m0/s1. The summed E-state index contributed by atoms with van der Waals surface area (Å²) in [6.07, 6.45) is 5.11. The number of rotatable bonds is 4. The number of hydrogen-bond donors (Lipinski definition) is 0. The minimum atomic E-state index is -0.646. The fraction of sp³-hybridized carbons (Fsp3) is 0.727. The summed E-state index contributed by atoms with van der Waals surface area (Å²) in [6.45, 7) is 13.5. The lowest BCUT2D eigenvalue weighted by atomic mass is 9.79. The summed E-state index contributed by atoms with van der Waals surface area (Å²) in [4.78, 5) is 24.0. The number of fused-ring (bicyclic) bond motifs is 1. The summed E-state index contributed by atoms with van der Waals surface area (Å²) in [6, 6.07) is 0. The molecule has 0 amide bonds. The summed E-state index contributed by atoms with van der Waals surface area (Å²) < 4.78 is 17.6. The van der Waals surface area contributed by atoms with Crippen molar-refractivity contribution in [1.82, 2.24) is 0 Å². The van der Waals surface area contributed by atoms with Crippen LogP contribution in [0.15, 0.2) is 23.3 Å². The molecule has 1 heterocycles. The molecule has 152 valence electrons. The van der Waals surface area contributed by atoms with Crippen molar-refractivity contribution < 1.29 is 23.8 Å². The molecule has 0 saturated carbocycles. The zero-order valence-electron chi connectivity index (χ0n) is 17.7. The van der Waals surface area contributed by atoms with E-state index in [1.807, 2.05) is 20.8 Å². The largest absolute Gasteiger partial charge is 0.459 e. The van der Waals surface area contributed by atoms with E-state index in [1.165, 1.54) is 18.6 Å². The van der Waals surface area contributed by atoms with E-state index in [0.717, 1.165) is 18.4 Å². The van der Waals surface area contributed by atoms with Crippen molar-refractivity contribution in [1.29, 1.82) is 0 Å². The highest BCUT2D eigenvalue weighted by Gasteiger charge is 2.64. The summed E-state index contributed by atoms with van der Waals surface area (Å²) >= 11 is 0. The highest BCUT2D eigenvalue weighted by atomic mass is 16.7. The molecule has 1 aliphatic heterocycles. The molecular weight excluding hydrogens is 344 g/mol. The van der Waals surface area contributed by atoms with Gasteiger partial charge in [-0.3, -0.25) is 4.79 Å². The highest BCUT2D eigenvalue weighted by Crippen LogP contribution is 2.49. The lowest BCUT2D eigenvalue weighted by molar-refractivity contribution is -0.152. The van der Waals surface area contributed by atoms with Crippen molar-refractivity contribution in [2.24, 2.45) is 11.8 Å². The number of esters is 2. The van der Waals surface area contributed by atoms with E-state index in [2.05, 4.69) is 26.8 Å². The van der Waals surface area contributed by atoms with Crippen molar-refractivity contribution in [3.63, 3.8) is 0 Å². The molecule has 5 nitrogen and oxygen atoms in total. The quantitative estimate of drug-likeness (QED) is 0.315. The average Bonchev–Trinajstić information content (AvgIpc) is 3.21. The minimum absolute atomic E-state index is 0.191. The number of hydrogen-bond acceptors (Lipinski definition) is 5. The molecule has 5 heteroatoms. The molecule has 1 aliphatic carbocycles. The maximum Gasteiger partial charge on any atom is 0.331 e. The second kappa shape index (κ2) is 8.59. The maximum atomic E-state index is 12.2. The third kappa shape index (κ3) is 5.44. The van der Waals surface area contributed by atoms with E-state index in [1.54, 1.807) is 0 Å². The van der Waals surface area contributed by atoms with Crippen LogP contribution in [0.5, 0.6) is 0 Å². The zero-order chi connectivity index (χ0) is 20.4. The Morgan fingerprint density at radius 1 is 1.26 bits per heavy atom. The summed E-state index contributed by atoms with van der Waals surface area (Å²) in [5.74, 6) is -0.119. The normalized spacial score (nSPS) is 35.3. The number of allylic oxidation sites excluding steroid dienone is 2. The molecule has 0 aromatic carbocycles. The van der Waals surface area contributed by atoms with Gasteiger partial charge in [0.2, 0.25) is 0 Å². The Hall–Kier alpha value is -1.62. The van der Waals surface area contributed by atoms with Gasteiger partial charge in [-0.05, 0) is 46.5 Å². The van der Waals surface area contributed by atoms with Gasteiger partial charge in [0.15, 0.2) is 0 Å². The monoisotopic (exact) mass is 378 g/mol.